The predicted octanol–water partition coefficient (Wildman–Crippen LogP) is 5.58. The highest BCUT2D eigenvalue weighted by Crippen LogP contribution is 2.36. The second kappa shape index (κ2) is 9.72. The molecule has 0 spiro atoms. The van der Waals surface area contributed by atoms with E-state index >= 15 is 0 Å². The van der Waals surface area contributed by atoms with Gasteiger partial charge in [0, 0.05) is 32.7 Å². The first-order valence-corrected chi connectivity index (χ1v) is 11.2. The fourth-order valence-corrected chi connectivity index (χ4v) is 4.48. The minimum atomic E-state index is -4.40. The van der Waals surface area contributed by atoms with Crippen LogP contribution in [0.15, 0.2) is 42.5 Å². The SMILES string of the molecule is CN1CCN(Cc2ccc(-c3ccc(COC4CCCC4)c(C(F)(F)F)c3)cc2)CC1. The molecular weight excluding hydrogens is 401 g/mol. The number of piperazine rings is 1. The molecule has 1 saturated heterocycles. The van der Waals surface area contributed by atoms with Crippen molar-refractivity contribution in [3.05, 3.63) is 59.2 Å². The molecule has 0 radical (unpaired) electrons. The van der Waals surface area contributed by atoms with Crippen molar-refractivity contribution in [2.24, 2.45) is 0 Å². The first-order chi connectivity index (χ1) is 14.9. The van der Waals surface area contributed by atoms with Gasteiger partial charge in [-0.25, -0.2) is 0 Å². The molecule has 1 heterocycles. The number of nitrogens with zero attached hydrogens (tertiary/aromatic N) is 2. The third-order valence-electron chi connectivity index (χ3n) is 6.48. The maximum absolute atomic E-state index is 13.7. The summed E-state index contributed by atoms with van der Waals surface area (Å²) in [5.74, 6) is 0. The molecule has 2 aliphatic rings. The normalized spacial score (nSPS) is 19.2. The van der Waals surface area contributed by atoms with E-state index in [-0.39, 0.29) is 18.3 Å². The van der Waals surface area contributed by atoms with Crippen LogP contribution in [-0.2, 0) is 24.1 Å². The summed E-state index contributed by atoms with van der Waals surface area (Å²) < 4.78 is 47.0. The maximum atomic E-state index is 13.7. The number of hydrogen-bond donors (Lipinski definition) is 0. The Morgan fingerprint density at radius 2 is 1.55 bits per heavy atom. The molecule has 4 rings (SSSR count). The van der Waals surface area contributed by atoms with E-state index in [1.54, 1.807) is 12.1 Å². The van der Waals surface area contributed by atoms with Crippen LogP contribution in [0, 0.1) is 0 Å². The molecule has 3 nitrogen and oxygen atoms in total. The third kappa shape index (κ3) is 5.88. The highest BCUT2D eigenvalue weighted by Gasteiger charge is 2.34. The van der Waals surface area contributed by atoms with Crippen molar-refractivity contribution in [1.82, 2.24) is 9.80 Å². The summed E-state index contributed by atoms with van der Waals surface area (Å²) >= 11 is 0. The Kier molecular flexibility index (Phi) is 6.99. The summed E-state index contributed by atoms with van der Waals surface area (Å²) in [6.07, 6.45) is -0.222. The van der Waals surface area contributed by atoms with Crippen LogP contribution in [0.2, 0.25) is 0 Å². The second-order valence-electron chi connectivity index (χ2n) is 8.86. The summed E-state index contributed by atoms with van der Waals surface area (Å²) in [4.78, 5) is 4.73. The Hall–Kier alpha value is -1.89. The van der Waals surface area contributed by atoms with E-state index in [1.807, 2.05) is 24.3 Å². The molecule has 6 heteroatoms. The molecule has 0 N–H and O–H groups in total. The number of halogens is 3. The van der Waals surface area contributed by atoms with Gasteiger partial charge < -0.3 is 9.64 Å². The fraction of sp³-hybridized carbons (Fsp3) is 0.520. The second-order valence-corrected chi connectivity index (χ2v) is 8.86. The van der Waals surface area contributed by atoms with Gasteiger partial charge in [-0.2, -0.15) is 13.2 Å². The number of alkyl halides is 3. The molecule has 0 aromatic heterocycles. The van der Waals surface area contributed by atoms with Crippen LogP contribution < -0.4 is 0 Å². The molecule has 1 aliphatic carbocycles. The van der Waals surface area contributed by atoms with Crippen molar-refractivity contribution in [2.45, 2.75) is 51.1 Å². The van der Waals surface area contributed by atoms with E-state index in [0.29, 0.717) is 5.56 Å². The van der Waals surface area contributed by atoms with Gasteiger partial charge in [-0.1, -0.05) is 49.2 Å². The zero-order valence-corrected chi connectivity index (χ0v) is 18.1. The molecule has 168 valence electrons. The Balaban J connectivity index is 1.46. The Morgan fingerprint density at radius 1 is 0.903 bits per heavy atom. The Labute approximate surface area is 182 Å². The van der Waals surface area contributed by atoms with Crippen LogP contribution in [0.25, 0.3) is 11.1 Å². The van der Waals surface area contributed by atoms with E-state index in [0.717, 1.165) is 64.0 Å². The van der Waals surface area contributed by atoms with Crippen molar-refractivity contribution < 1.29 is 17.9 Å². The van der Waals surface area contributed by atoms with Gasteiger partial charge in [-0.3, -0.25) is 4.90 Å². The summed E-state index contributed by atoms with van der Waals surface area (Å²) in [5.41, 5.74) is 2.20. The Bertz CT molecular complexity index is 852. The van der Waals surface area contributed by atoms with Crippen LogP contribution in [0.1, 0.15) is 42.4 Å². The highest BCUT2D eigenvalue weighted by molar-refractivity contribution is 5.65. The topological polar surface area (TPSA) is 15.7 Å². The molecule has 0 unspecified atom stereocenters. The molecule has 2 fully saturated rings. The van der Waals surface area contributed by atoms with Gasteiger partial charge in [0.15, 0.2) is 0 Å². The molecule has 0 atom stereocenters. The van der Waals surface area contributed by atoms with E-state index in [2.05, 4.69) is 16.8 Å². The van der Waals surface area contributed by atoms with Gasteiger partial charge >= 0.3 is 6.18 Å². The van der Waals surface area contributed by atoms with E-state index < -0.39 is 11.7 Å². The first-order valence-electron chi connectivity index (χ1n) is 11.2. The summed E-state index contributed by atoms with van der Waals surface area (Å²) in [6, 6.07) is 12.5. The lowest BCUT2D eigenvalue weighted by Gasteiger charge is -2.32. The minimum absolute atomic E-state index is 0.0176. The van der Waals surface area contributed by atoms with Gasteiger partial charge in [0.05, 0.1) is 18.3 Å². The summed E-state index contributed by atoms with van der Waals surface area (Å²) in [7, 11) is 2.13. The molecule has 2 aromatic carbocycles. The van der Waals surface area contributed by atoms with E-state index in [4.69, 9.17) is 4.74 Å². The maximum Gasteiger partial charge on any atom is 0.416 e. The monoisotopic (exact) mass is 432 g/mol. The Morgan fingerprint density at radius 3 is 2.19 bits per heavy atom. The molecule has 2 aromatic rings. The zero-order valence-electron chi connectivity index (χ0n) is 18.1. The highest BCUT2D eigenvalue weighted by atomic mass is 19.4. The van der Waals surface area contributed by atoms with Crippen LogP contribution in [-0.4, -0.2) is 49.1 Å². The number of benzene rings is 2. The van der Waals surface area contributed by atoms with E-state index in [1.165, 1.54) is 11.6 Å². The van der Waals surface area contributed by atoms with Gasteiger partial charge in [0.1, 0.15) is 0 Å². The van der Waals surface area contributed by atoms with Crippen LogP contribution in [0.3, 0.4) is 0 Å². The van der Waals surface area contributed by atoms with Crippen molar-refractivity contribution in [2.75, 3.05) is 33.2 Å². The minimum Gasteiger partial charge on any atom is -0.374 e. The molecule has 1 aliphatic heterocycles. The standard InChI is InChI=1S/C25H31F3N2O/c1-29-12-14-30(15-13-29)17-19-6-8-20(9-7-19)21-10-11-22(24(16-21)25(26,27)28)18-31-23-4-2-3-5-23/h6-11,16,23H,2-5,12-15,17-18H2,1H3. The van der Waals surface area contributed by atoms with Crippen molar-refractivity contribution >= 4 is 0 Å². The number of likely N-dealkylation sites (N-methyl/N-ethyl adjacent to an activating group) is 1. The third-order valence-corrected chi connectivity index (χ3v) is 6.48. The lowest BCUT2D eigenvalue weighted by molar-refractivity contribution is -0.139. The van der Waals surface area contributed by atoms with Crippen LogP contribution in [0.4, 0.5) is 13.2 Å². The smallest absolute Gasteiger partial charge is 0.374 e. The fourth-order valence-electron chi connectivity index (χ4n) is 4.48. The van der Waals surface area contributed by atoms with Gasteiger partial charge in [0.2, 0.25) is 0 Å². The van der Waals surface area contributed by atoms with Crippen molar-refractivity contribution in [3.8, 4) is 11.1 Å². The van der Waals surface area contributed by atoms with E-state index in [9.17, 15) is 13.2 Å². The lowest BCUT2D eigenvalue weighted by Crippen LogP contribution is -2.43. The quantitative estimate of drug-likeness (QED) is 0.593. The summed E-state index contributed by atoms with van der Waals surface area (Å²) in [5, 5.41) is 0. The zero-order chi connectivity index (χ0) is 21.8. The number of hydrogen-bond acceptors (Lipinski definition) is 3. The molecule has 0 bridgehead atoms. The number of ether oxygens (including phenoxy) is 1. The predicted molar refractivity (Wildman–Crippen MR) is 117 cm³/mol. The van der Waals surface area contributed by atoms with Crippen LogP contribution >= 0.6 is 0 Å². The average molecular weight is 433 g/mol. The van der Waals surface area contributed by atoms with Crippen molar-refractivity contribution in [3.63, 3.8) is 0 Å². The van der Waals surface area contributed by atoms with Crippen molar-refractivity contribution in [1.29, 1.82) is 0 Å². The molecule has 1 saturated carbocycles. The molecule has 31 heavy (non-hydrogen) atoms. The van der Waals surface area contributed by atoms with Gasteiger partial charge in [0.25, 0.3) is 0 Å². The largest absolute Gasteiger partial charge is 0.416 e. The van der Waals surface area contributed by atoms with Crippen LogP contribution in [0.5, 0.6) is 0 Å². The number of rotatable bonds is 6. The molecule has 0 amide bonds. The lowest BCUT2D eigenvalue weighted by atomic mass is 9.98. The summed E-state index contributed by atoms with van der Waals surface area (Å²) in [6.45, 7) is 5.10. The molecular formula is C25H31F3N2O. The van der Waals surface area contributed by atoms with Gasteiger partial charge in [-0.15, -0.1) is 0 Å². The first kappa shape index (κ1) is 22.3. The average Bonchev–Trinajstić information content (AvgIpc) is 3.27. The van der Waals surface area contributed by atoms with Gasteiger partial charge in [-0.05, 0) is 48.2 Å².